The molecule has 148 valence electrons. The van der Waals surface area contributed by atoms with Crippen molar-refractivity contribution >= 4 is 44.3 Å². The van der Waals surface area contributed by atoms with E-state index in [1.165, 1.54) is 31.5 Å². The summed E-state index contributed by atoms with van der Waals surface area (Å²) >= 11 is 9.38. The summed E-state index contributed by atoms with van der Waals surface area (Å²) in [6, 6.07) is 2.78. The molecule has 0 amide bonds. The van der Waals surface area contributed by atoms with E-state index in [1.54, 1.807) is 0 Å². The van der Waals surface area contributed by atoms with Crippen molar-refractivity contribution in [2.75, 3.05) is 0 Å². The SMILES string of the molecule is Cc1ccnc(C(F)(F)F)c1C(=O)c1c[nH]c(-c2nc3c(Cl)c(Br)ncc3[nH]2)c1. The maximum Gasteiger partial charge on any atom is 0.434 e. The Bertz CT molecular complexity index is 1260. The van der Waals surface area contributed by atoms with E-state index in [0.717, 1.165) is 6.20 Å². The highest BCUT2D eigenvalue weighted by atomic mass is 79.9. The predicted molar refractivity (Wildman–Crippen MR) is 104 cm³/mol. The van der Waals surface area contributed by atoms with Crippen LogP contribution in [0.2, 0.25) is 5.02 Å². The first kappa shape index (κ1) is 19.6. The number of fused-ring (bicyclic) bond motifs is 1. The van der Waals surface area contributed by atoms with Crippen LogP contribution in [0.4, 0.5) is 13.2 Å². The van der Waals surface area contributed by atoms with Gasteiger partial charge in [0, 0.05) is 18.0 Å². The van der Waals surface area contributed by atoms with E-state index >= 15 is 0 Å². The number of halogens is 5. The number of pyridine rings is 2. The molecule has 0 fully saturated rings. The summed E-state index contributed by atoms with van der Waals surface area (Å²) < 4.78 is 40.3. The predicted octanol–water partition coefficient (Wildman–Crippen LogP) is 5.32. The number of nitrogens with one attached hydrogen (secondary N) is 2. The molecule has 0 unspecified atom stereocenters. The van der Waals surface area contributed by atoms with Crippen molar-refractivity contribution in [3.63, 3.8) is 0 Å². The lowest BCUT2D eigenvalue weighted by atomic mass is 9.99. The fourth-order valence-corrected chi connectivity index (χ4v) is 3.40. The third kappa shape index (κ3) is 3.42. The Morgan fingerprint density at radius 3 is 2.76 bits per heavy atom. The van der Waals surface area contributed by atoms with Gasteiger partial charge in [-0.2, -0.15) is 13.2 Å². The fourth-order valence-electron chi connectivity index (χ4n) is 2.92. The maximum absolute atomic E-state index is 13.3. The summed E-state index contributed by atoms with van der Waals surface area (Å²) in [5.41, 5.74) is -0.0135. The van der Waals surface area contributed by atoms with E-state index in [2.05, 4.69) is 40.8 Å². The zero-order valence-corrected chi connectivity index (χ0v) is 16.9. The summed E-state index contributed by atoms with van der Waals surface area (Å²) in [6.45, 7) is 1.43. The minimum atomic E-state index is -4.74. The van der Waals surface area contributed by atoms with Gasteiger partial charge in [-0.1, -0.05) is 11.6 Å². The molecule has 0 radical (unpaired) electrons. The summed E-state index contributed by atoms with van der Waals surface area (Å²) in [6.07, 6.45) is -0.855. The molecular weight excluding hydrogens is 475 g/mol. The number of alkyl halides is 3. The zero-order chi connectivity index (χ0) is 20.9. The number of rotatable bonds is 3. The number of hydrogen-bond donors (Lipinski definition) is 2. The Hall–Kier alpha value is -2.72. The van der Waals surface area contributed by atoms with Crippen LogP contribution in [0.25, 0.3) is 22.6 Å². The summed E-state index contributed by atoms with van der Waals surface area (Å²) in [4.78, 5) is 30.5. The molecule has 0 aliphatic heterocycles. The van der Waals surface area contributed by atoms with Gasteiger partial charge in [0.1, 0.15) is 15.1 Å². The lowest BCUT2D eigenvalue weighted by Crippen LogP contribution is -2.17. The number of nitrogens with zero attached hydrogens (tertiary/aromatic N) is 3. The Balaban J connectivity index is 1.76. The van der Waals surface area contributed by atoms with Crippen molar-refractivity contribution in [3.05, 3.63) is 62.7 Å². The third-order valence-corrected chi connectivity index (χ3v) is 5.47. The van der Waals surface area contributed by atoms with Crippen LogP contribution in [0.15, 0.2) is 35.3 Å². The van der Waals surface area contributed by atoms with Crippen molar-refractivity contribution < 1.29 is 18.0 Å². The highest BCUT2D eigenvalue weighted by Crippen LogP contribution is 2.33. The molecule has 29 heavy (non-hydrogen) atoms. The van der Waals surface area contributed by atoms with Gasteiger partial charge in [-0.25, -0.2) is 9.97 Å². The molecule has 4 aromatic heterocycles. The first-order valence-corrected chi connectivity index (χ1v) is 9.30. The molecule has 0 spiro atoms. The molecule has 0 atom stereocenters. The molecule has 4 heterocycles. The normalized spacial score (nSPS) is 11.9. The van der Waals surface area contributed by atoms with E-state index in [4.69, 9.17) is 11.6 Å². The van der Waals surface area contributed by atoms with Crippen LogP contribution in [-0.2, 0) is 6.18 Å². The molecule has 6 nitrogen and oxygen atoms in total. The van der Waals surface area contributed by atoms with E-state index in [0.29, 0.717) is 32.2 Å². The van der Waals surface area contributed by atoms with Crippen molar-refractivity contribution in [2.45, 2.75) is 13.1 Å². The van der Waals surface area contributed by atoms with E-state index in [-0.39, 0.29) is 11.1 Å². The topological polar surface area (TPSA) is 87.3 Å². The van der Waals surface area contributed by atoms with Crippen molar-refractivity contribution in [1.29, 1.82) is 0 Å². The summed E-state index contributed by atoms with van der Waals surface area (Å²) in [5, 5.41) is 0.314. The summed E-state index contributed by atoms with van der Waals surface area (Å²) in [5.74, 6) is -0.427. The van der Waals surface area contributed by atoms with Gasteiger partial charge in [-0.15, -0.1) is 0 Å². The van der Waals surface area contributed by atoms with Crippen LogP contribution in [0.5, 0.6) is 0 Å². The second kappa shape index (κ2) is 6.96. The molecule has 4 rings (SSSR count). The third-order valence-electron chi connectivity index (χ3n) is 4.28. The van der Waals surface area contributed by atoms with Gasteiger partial charge in [0.15, 0.2) is 17.3 Å². The lowest BCUT2D eigenvalue weighted by molar-refractivity contribution is -0.141. The molecule has 0 saturated carbocycles. The Labute approximate surface area is 174 Å². The van der Waals surface area contributed by atoms with Crippen LogP contribution in [0, 0.1) is 6.92 Å². The number of aromatic amines is 2. The first-order valence-electron chi connectivity index (χ1n) is 8.13. The molecule has 0 aromatic carbocycles. The van der Waals surface area contributed by atoms with E-state index in [1.807, 2.05) is 0 Å². The van der Waals surface area contributed by atoms with Gasteiger partial charge in [-0.3, -0.25) is 9.78 Å². The lowest BCUT2D eigenvalue weighted by Gasteiger charge is -2.12. The van der Waals surface area contributed by atoms with Gasteiger partial charge < -0.3 is 9.97 Å². The molecule has 11 heteroatoms. The Kier molecular flexibility index (Phi) is 4.70. The second-order valence-electron chi connectivity index (χ2n) is 6.19. The molecule has 0 bridgehead atoms. The highest BCUT2D eigenvalue weighted by molar-refractivity contribution is 9.10. The number of ketones is 1. The van der Waals surface area contributed by atoms with Crippen LogP contribution in [0.3, 0.4) is 0 Å². The van der Waals surface area contributed by atoms with Crippen molar-refractivity contribution in [3.8, 4) is 11.5 Å². The zero-order valence-electron chi connectivity index (χ0n) is 14.5. The molecule has 4 aromatic rings. The number of carbonyl (C=O) groups excluding carboxylic acids is 1. The Morgan fingerprint density at radius 2 is 2.03 bits per heavy atom. The first-order chi connectivity index (χ1) is 13.7. The number of H-pyrrole nitrogens is 2. The Morgan fingerprint density at radius 1 is 1.28 bits per heavy atom. The van der Waals surface area contributed by atoms with Gasteiger partial charge in [0.2, 0.25) is 0 Å². The number of imidazole rings is 1. The highest BCUT2D eigenvalue weighted by Gasteiger charge is 2.38. The van der Waals surface area contributed by atoms with Crippen LogP contribution >= 0.6 is 27.5 Å². The van der Waals surface area contributed by atoms with Gasteiger partial charge >= 0.3 is 6.18 Å². The van der Waals surface area contributed by atoms with Crippen LogP contribution < -0.4 is 0 Å². The maximum atomic E-state index is 13.3. The average Bonchev–Trinajstić information content (AvgIpc) is 3.30. The molecular formula is C18H10BrClF3N5O. The molecule has 0 aliphatic rings. The van der Waals surface area contributed by atoms with E-state index in [9.17, 15) is 18.0 Å². The van der Waals surface area contributed by atoms with Gasteiger partial charge in [-0.05, 0) is 40.5 Å². The van der Waals surface area contributed by atoms with Crippen molar-refractivity contribution in [1.82, 2.24) is 24.9 Å². The number of carbonyl (C=O) groups is 1. The van der Waals surface area contributed by atoms with E-state index < -0.39 is 23.2 Å². The minimum Gasteiger partial charge on any atom is -0.358 e. The largest absolute Gasteiger partial charge is 0.434 e. The minimum absolute atomic E-state index is 0.0486. The monoisotopic (exact) mass is 483 g/mol. The second-order valence-corrected chi connectivity index (χ2v) is 7.32. The van der Waals surface area contributed by atoms with Crippen molar-refractivity contribution in [2.24, 2.45) is 0 Å². The van der Waals surface area contributed by atoms with Crippen LogP contribution in [0.1, 0.15) is 27.2 Å². The molecule has 0 saturated heterocycles. The molecule has 0 aliphatic carbocycles. The average molecular weight is 485 g/mol. The number of aromatic nitrogens is 5. The van der Waals surface area contributed by atoms with Crippen LogP contribution in [-0.4, -0.2) is 30.7 Å². The van der Waals surface area contributed by atoms with Gasteiger partial charge in [0.05, 0.1) is 23.0 Å². The quantitative estimate of drug-likeness (QED) is 0.304. The fraction of sp³-hybridized carbons (Fsp3) is 0.111. The standard InChI is InChI=1S/C18H10BrClF3N5O/c1-7-2-3-24-15(18(21,22)23)11(7)14(29)8-4-9(25-5-8)17-27-10-6-26-16(19)12(20)13(10)28-17/h2-6,25H,1H3,(H,27,28). The number of hydrogen-bond acceptors (Lipinski definition) is 4. The summed E-state index contributed by atoms with van der Waals surface area (Å²) in [7, 11) is 0. The number of aryl methyl sites for hydroxylation is 1. The molecule has 2 N–H and O–H groups in total. The smallest absolute Gasteiger partial charge is 0.358 e. The van der Waals surface area contributed by atoms with Gasteiger partial charge in [0.25, 0.3) is 0 Å².